The Morgan fingerprint density at radius 1 is 1.52 bits per heavy atom. The second-order valence-corrected chi connectivity index (χ2v) is 6.01. The maximum atomic E-state index is 12.3. The Kier molecular flexibility index (Phi) is 9.98. The van der Waals surface area contributed by atoms with Gasteiger partial charge in [-0.1, -0.05) is 13.3 Å². The normalized spacial score (nSPS) is 18.6. The second-order valence-electron chi connectivity index (χ2n) is 6.01. The standard InChI is InChI=1S/C12H17FN4O2.C5H12O/c13-3-9(4-14)8-19-11-5-15-12(16-6-11)17-2-1-10(18)7-17;1-3-4-5(2)6/h3,5-6,10,18H,1-2,4,7-8,14H2;5-6H,3-4H2,1-2H3/b9-3+;. The summed E-state index contributed by atoms with van der Waals surface area (Å²) in [7, 11) is 0. The topological polar surface area (TPSA) is 105 Å². The van der Waals surface area contributed by atoms with Crippen LogP contribution in [0.3, 0.4) is 0 Å². The van der Waals surface area contributed by atoms with Crippen LogP contribution in [0, 0.1) is 0 Å². The van der Waals surface area contributed by atoms with Crippen molar-refractivity contribution in [3.63, 3.8) is 0 Å². The SMILES string of the molecule is CCCC(C)O.NC/C(=C\F)COc1cnc(N2CCC(O)C2)nc1. The van der Waals surface area contributed by atoms with Gasteiger partial charge in [-0.15, -0.1) is 0 Å². The molecule has 1 aromatic rings. The number of hydrogen-bond donors (Lipinski definition) is 3. The van der Waals surface area contributed by atoms with Crippen LogP contribution in [0.4, 0.5) is 10.3 Å². The summed E-state index contributed by atoms with van der Waals surface area (Å²) in [6, 6.07) is 0. The van der Waals surface area contributed by atoms with Gasteiger partial charge in [-0.05, 0) is 19.8 Å². The van der Waals surface area contributed by atoms with E-state index in [1.807, 2.05) is 11.8 Å². The average Bonchev–Trinajstić information content (AvgIpc) is 3.03. The molecule has 1 aliphatic rings. The van der Waals surface area contributed by atoms with Crippen LogP contribution in [-0.2, 0) is 0 Å². The number of β-amino-alcohol motifs (C(OH)–C–C–N with tert-alkyl or cyclic N) is 1. The zero-order valence-electron chi connectivity index (χ0n) is 14.9. The molecule has 0 spiro atoms. The molecule has 25 heavy (non-hydrogen) atoms. The maximum absolute atomic E-state index is 12.3. The molecule has 2 heterocycles. The lowest BCUT2D eigenvalue weighted by Crippen LogP contribution is -2.23. The summed E-state index contributed by atoms with van der Waals surface area (Å²) in [5.41, 5.74) is 5.68. The Labute approximate surface area is 148 Å². The maximum Gasteiger partial charge on any atom is 0.225 e. The molecular weight excluding hydrogens is 327 g/mol. The highest BCUT2D eigenvalue weighted by atomic mass is 19.1. The zero-order valence-corrected chi connectivity index (χ0v) is 14.9. The highest BCUT2D eigenvalue weighted by Gasteiger charge is 2.22. The van der Waals surface area contributed by atoms with E-state index in [1.165, 1.54) is 12.4 Å². The van der Waals surface area contributed by atoms with Crippen LogP contribution in [0.2, 0.25) is 0 Å². The number of halogens is 1. The molecule has 0 aromatic carbocycles. The predicted molar refractivity (Wildman–Crippen MR) is 95.2 cm³/mol. The van der Waals surface area contributed by atoms with Crippen molar-refractivity contribution in [3.05, 3.63) is 24.3 Å². The van der Waals surface area contributed by atoms with Gasteiger partial charge < -0.3 is 25.6 Å². The molecule has 0 radical (unpaired) electrons. The summed E-state index contributed by atoms with van der Waals surface area (Å²) >= 11 is 0. The van der Waals surface area contributed by atoms with Gasteiger partial charge in [0.2, 0.25) is 5.95 Å². The number of aromatic nitrogens is 2. The van der Waals surface area contributed by atoms with Crippen molar-refractivity contribution in [2.45, 2.75) is 45.3 Å². The number of ether oxygens (including phenoxy) is 1. The summed E-state index contributed by atoms with van der Waals surface area (Å²) in [4.78, 5) is 10.2. The lowest BCUT2D eigenvalue weighted by molar-refractivity contribution is 0.183. The third kappa shape index (κ3) is 8.24. The Balaban J connectivity index is 0.000000450. The van der Waals surface area contributed by atoms with Crippen molar-refractivity contribution < 1.29 is 19.3 Å². The van der Waals surface area contributed by atoms with E-state index >= 15 is 0 Å². The molecule has 8 heteroatoms. The van der Waals surface area contributed by atoms with E-state index in [0.29, 0.717) is 30.1 Å². The number of anilines is 1. The fraction of sp³-hybridized carbons (Fsp3) is 0.647. The highest BCUT2D eigenvalue weighted by Crippen LogP contribution is 2.17. The number of rotatable bonds is 7. The molecular formula is C17H29FN4O3. The third-order valence-electron chi connectivity index (χ3n) is 3.61. The minimum Gasteiger partial charge on any atom is -0.486 e. The first-order valence-electron chi connectivity index (χ1n) is 8.54. The quantitative estimate of drug-likeness (QED) is 0.678. The summed E-state index contributed by atoms with van der Waals surface area (Å²) in [5, 5.41) is 18.0. The molecule has 2 unspecified atom stereocenters. The van der Waals surface area contributed by atoms with E-state index in [4.69, 9.17) is 15.6 Å². The lowest BCUT2D eigenvalue weighted by atomic mass is 10.2. The van der Waals surface area contributed by atoms with Crippen molar-refractivity contribution in [3.8, 4) is 5.75 Å². The molecule has 4 N–H and O–H groups in total. The van der Waals surface area contributed by atoms with Gasteiger partial charge in [0.1, 0.15) is 6.61 Å². The summed E-state index contributed by atoms with van der Waals surface area (Å²) in [6.07, 6.45) is 5.82. The molecule has 0 amide bonds. The van der Waals surface area contributed by atoms with E-state index in [2.05, 4.69) is 16.9 Å². The summed E-state index contributed by atoms with van der Waals surface area (Å²) in [5.74, 6) is 1.01. The summed E-state index contributed by atoms with van der Waals surface area (Å²) < 4.78 is 17.6. The molecule has 0 saturated carbocycles. The van der Waals surface area contributed by atoms with Gasteiger partial charge in [0.15, 0.2) is 5.75 Å². The predicted octanol–water partition coefficient (Wildman–Crippen LogP) is 1.41. The molecule has 1 fully saturated rings. The van der Waals surface area contributed by atoms with Crippen molar-refractivity contribution in [1.29, 1.82) is 0 Å². The Hall–Kier alpha value is -1.77. The van der Waals surface area contributed by atoms with Crippen molar-refractivity contribution in [2.75, 3.05) is 31.1 Å². The van der Waals surface area contributed by atoms with Gasteiger partial charge in [0.25, 0.3) is 0 Å². The average molecular weight is 356 g/mol. The van der Waals surface area contributed by atoms with Gasteiger partial charge in [-0.2, -0.15) is 0 Å². The van der Waals surface area contributed by atoms with Crippen molar-refractivity contribution in [2.24, 2.45) is 5.73 Å². The van der Waals surface area contributed by atoms with Crippen LogP contribution in [0.15, 0.2) is 24.3 Å². The zero-order chi connectivity index (χ0) is 18.7. The van der Waals surface area contributed by atoms with Crippen LogP contribution in [0.5, 0.6) is 5.75 Å². The Bertz CT molecular complexity index is 511. The van der Waals surface area contributed by atoms with Gasteiger partial charge in [-0.3, -0.25) is 0 Å². The Morgan fingerprint density at radius 3 is 2.60 bits per heavy atom. The van der Waals surface area contributed by atoms with Crippen LogP contribution in [0.25, 0.3) is 0 Å². The van der Waals surface area contributed by atoms with E-state index in [1.54, 1.807) is 0 Å². The van der Waals surface area contributed by atoms with Crippen molar-refractivity contribution in [1.82, 2.24) is 9.97 Å². The van der Waals surface area contributed by atoms with Crippen molar-refractivity contribution >= 4 is 5.95 Å². The number of nitrogens with zero attached hydrogens (tertiary/aromatic N) is 3. The molecule has 2 rings (SSSR count). The molecule has 1 saturated heterocycles. The number of hydrogen-bond acceptors (Lipinski definition) is 7. The molecule has 142 valence electrons. The fourth-order valence-electron chi connectivity index (χ4n) is 2.20. The third-order valence-corrected chi connectivity index (χ3v) is 3.61. The van der Waals surface area contributed by atoms with E-state index in [0.717, 1.165) is 25.8 Å². The molecule has 0 bridgehead atoms. The first-order valence-corrected chi connectivity index (χ1v) is 8.54. The smallest absolute Gasteiger partial charge is 0.225 e. The minimum absolute atomic E-state index is 0.0815. The number of aliphatic hydroxyl groups is 2. The fourth-order valence-corrected chi connectivity index (χ4v) is 2.20. The van der Waals surface area contributed by atoms with E-state index in [9.17, 15) is 9.50 Å². The molecule has 7 nitrogen and oxygen atoms in total. The Morgan fingerprint density at radius 2 is 2.20 bits per heavy atom. The number of nitrogens with two attached hydrogens (primary N) is 1. The van der Waals surface area contributed by atoms with Gasteiger partial charge in [0, 0.05) is 25.2 Å². The molecule has 0 aliphatic carbocycles. The molecule has 1 aliphatic heterocycles. The molecule has 1 aromatic heterocycles. The van der Waals surface area contributed by atoms with E-state index in [-0.39, 0.29) is 25.4 Å². The highest BCUT2D eigenvalue weighted by molar-refractivity contribution is 5.33. The largest absolute Gasteiger partial charge is 0.486 e. The van der Waals surface area contributed by atoms with Gasteiger partial charge >= 0.3 is 0 Å². The van der Waals surface area contributed by atoms with Crippen LogP contribution >= 0.6 is 0 Å². The number of aliphatic hydroxyl groups excluding tert-OH is 2. The monoisotopic (exact) mass is 356 g/mol. The van der Waals surface area contributed by atoms with Crippen LogP contribution in [-0.4, -0.2) is 58.6 Å². The van der Waals surface area contributed by atoms with Gasteiger partial charge in [0.05, 0.1) is 30.9 Å². The van der Waals surface area contributed by atoms with Gasteiger partial charge in [-0.25, -0.2) is 14.4 Å². The summed E-state index contributed by atoms with van der Waals surface area (Å²) in [6.45, 7) is 5.35. The van der Waals surface area contributed by atoms with Crippen LogP contribution < -0.4 is 15.4 Å². The molecule has 2 atom stereocenters. The van der Waals surface area contributed by atoms with Crippen LogP contribution in [0.1, 0.15) is 33.1 Å². The second kappa shape index (κ2) is 11.7. The lowest BCUT2D eigenvalue weighted by Gasteiger charge is -2.15. The first-order chi connectivity index (χ1) is 12.0. The first kappa shape index (κ1) is 21.3. The van der Waals surface area contributed by atoms with E-state index < -0.39 is 0 Å². The minimum atomic E-state index is -0.318.